The second-order valence-corrected chi connectivity index (χ2v) is 7.99. The SMILES string of the molecule is CN=C(NCCc1cccc(C(=O)N(C)C)c1)NCc1ccc(Cn2ccccc2=O)cc1. The Labute approximate surface area is 194 Å². The Morgan fingerprint density at radius 1 is 0.939 bits per heavy atom. The molecule has 0 aliphatic carbocycles. The Morgan fingerprint density at radius 3 is 2.39 bits per heavy atom. The summed E-state index contributed by atoms with van der Waals surface area (Å²) >= 11 is 0. The van der Waals surface area contributed by atoms with Crippen molar-refractivity contribution in [2.45, 2.75) is 19.5 Å². The summed E-state index contributed by atoms with van der Waals surface area (Å²) in [5.74, 6) is 0.722. The van der Waals surface area contributed by atoms with E-state index < -0.39 is 0 Å². The Hall–Kier alpha value is -3.87. The van der Waals surface area contributed by atoms with Gasteiger partial charge in [-0.15, -0.1) is 0 Å². The van der Waals surface area contributed by atoms with Crippen LogP contribution in [0.5, 0.6) is 0 Å². The van der Waals surface area contributed by atoms with Crippen molar-refractivity contribution in [2.75, 3.05) is 27.7 Å². The molecule has 0 unspecified atom stereocenters. The third-order valence-electron chi connectivity index (χ3n) is 5.24. The van der Waals surface area contributed by atoms with E-state index in [-0.39, 0.29) is 11.5 Å². The lowest BCUT2D eigenvalue weighted by molar-refractivity contribution is 0.0827. The second-order valence-electron chi connectivity index (χ2n) is 7.99. The number of aromatic nitrogens is 1. The van der Waals surface area contributed by atoms with E-state index in [0.29, 0.717) is 25.2 Å². The molecular formula is C26H31N5O2. The zero-order valence-corrected chi connectivity index (χ0v) is 19.4. The van der Waals surface area contributed by atoms with Crippen molar-refractivity contribution in [2.24, 2.45) is 4.99 Å². The standard InChI is InChI=1S/C26H31N5O2/c1-27-26(28-15-14-20-7-6-8-23(17-20)25(33)30(2)3)29-18-21-10-12-22(13-11-21)19-31-16-5-4-9-24(31)32/h4-13,16-17H,14-15,18-19H2,1-3H3,(H2,27,28,29). The van der Waals surface area contributed by atoms with E-state index in [1.807, 2.05) is 42.5 Å². The summed E-state index contributed by atoms with van der Waals surface area (Å²) < 4.78 is 1.69. The molecule has 0 aliphatic heterocycles. The minimum atomic E-state index is -0.00542. The molecule has 2 N–H and O–H groups in total. The molecule has 0 saturated heterocycles. The Balaban J connectivity index is 1.47. The monoisotopic (exact) mass is 445 g/mol. The predicted octanol–water partition coefficient (Wildman–Crippen LogP) is 2.51. The van der Waals surface area contributed by atoms with Crippen LogP contribution in [0.1, 0.15) is 27.0 Å². The van der Waals surface area contributed by atoms with E-state index in [4.69, 9.17) is 0 Å². The van der Waals surface area contributed by atoms with Gasteiger partial charge in [-0.05, 0) is 41.3 Å². The zero-order chi connectivity index (χ0) is 23.6. The summed E-state index contributed by atoms with van der Waals surface area (Å²) in [5.41, 5.74) is 3.98. The highest BCUT2D eigenvalue weighted by Gasteiger charge is 2.08. The zero-order valence-electron chi connectivity index (χ0n) is 19.4. The average molecular weight is 446 g/mol. The lowest BCUT2D eigenvalue weighted by Crippen LogP contribution is -2.37. The maximum absolute atomic E-state index is 12.1. The van der Waals surface area contributed by atoms with Crippen molar-refractivity contribution in [3.05, 3.63) is 106 Å². The molecule has 0 bridgehead atoms. The minimum Gasteiger partial charge on any atom is -0.356 e. The molecule has 2 aromatic carbocycles. The molecule has 3 aromatic rings. The van der Waals surface area contributed by atoms with Crippen molar-refractivity contribution in [1.82, 2.24) is 20.1 Å². The number of hydrogen-bond acceptors (Lipinski definition) is 3. The van der Waals surface area contributed by atoms with Gasteiger partial charge in [0, 0.05) is 52.1 Å². The molecule has 1 amide bonds. The van der Waals surface area contributed by atoms with Gasteiger partial charge in [-0.1, -0.05) is 42.5 Å². The molecule has 1 aromatic heterocycles. The van der Waals surface area contributed by atoms with Crippen molar-refractivity contribution in [3.8, 4) is 0 Å². The number of carbonyl (C=O) groups excluding carboxylic acids is 1. The van der Waals surface area contributed by atoms with Crippen LogP contribution in [0.4, 0.5) is 0 Å². The smallest absolute Gasteiger partial charge is 0.253 e. The number of rotatable bonds is 8. The van der Waals surface area contributed by atoms with Gasteiger partial charge < -0.3 is 20.1 Å². The molecule has 7 heteroatoms. The van der Waals surface area contributed by atoms with Crippen LogP contribution in [-0.4, -0.2) is 49.0 Å². The fourth-order valence-corrected chi connectivity index (χ4v) is 3.40. The van der Waals surface area contributed by atoms with Crippen LogP contribution in [-0.2, 0) is 19.5 Å². The van der Waals surface area contributed by atoms with Crippen LogP contribution in [0.2, 0.25) is 0 Å². The number of carbonyl (C=O) groups is 1. The minimum absolute atomic E-state index is 0.00383. The average Bonchev–Trinajstić information content (AvgIpc) is 2.83. The first-order chi connectivity index (χ1) is 16.0. The molecule has 1 heterocycles. The molecule has 0 saturated carbocycles. The van der Waals surface area contributed by atoms with Crippen LogP contribution < -0.4 is 16.2 Å². The van der Waals surface area contributed by atoms with Gasteiger partial charge in [0.15, 0.2) is 5.96 Å². The Kier molecular flexibility index (Phi) is 8.41. The van der Waals surface area contributed by atoms with Gasteiger partial charge in [-0.25, -0.2) is 0 Å². The van der Waals surface area contributed by atoms with Gasteiger partial charge in [0.25, 0.3) is 11.5 Å². The van der Waals surface area contributed by atoms with Gasteiger partial charge in [0.05, 0.1) is 6.54 Å². The predicted molar refractivity (Wildman–Crippen MR) is 133 cm³/mol. The summed E-state index contributed by atoms with van der Waals surface area (Å²) in [5, 5.41) is 6.63. The molecule has 172 valence electrons. The molecule has 7 nitrogen and oxygen atoms in total. The molecule has 0 aliphatic rings. The first-order valence-electron chi connectivity index (χ1n) is 10.9. The summed E-state index contributed by atoms with van der Waals surface area (Å²) in [6, 6.07) is 21.1. The molecule has 0 spiro atoms. The third kappa shape index (κ3) is 7.07. The van der Waals surface area contributed by atoms with Gasteiger partial charge in [-0.2, -0.15) is 0 Å². The summed E-state index contributed by atoms with van der Waals surface area (Å²) in [6.45, 7) is 1.89. The van der Waals surface area contributed by atoms with Crippen LogP contribution in [0.25, 0.3) is 0 Å². The van der Waals surface area contributed by atoms with Crippen LogP contribution in [0.3, 0.4) is 0 Å². The number of benzene rings is 2. The number of nitrogens with one attached hydrogen (secondary N) is 2. The van der Waals surface area contributed by atoms with E-state index in [1.165, 1.54) is 0 Å². The van der Waals surface area contributed by atoms with Gasteiger partial charge in [-0.3, -0.25) is 14.6 Å². The lowest BCUT2D eigenvalue weighted by atomic mass is 10.1. The molecule has 33 heavy (non-hydrogen) atoms. The number of pyridine rings is 1. The largest absolute Gasteiger partial charge is 0.356 e. The molecule has 0 radical (unpaired) electrons. The maximum atomic E-state index is 12.1. The van der Waals surface area contributed by atoms with Crippen molar-refractivity contribution < 1.29 is 4.79 Å². The van der Waals surface area contributed by atoms with Crippen LogP contribution >= 0.6 is 0 Å². The first kappa shape index (κ1) is 23.8. The summed E-state index contributed by atoms with van der Waals surface area (Å²) in [7, 11) is 5.25. The van der Waals surface area contributed by atoms with E-state index in [0.717, 1.165) is 29.1 Å². The second kappa shape index (κ2) is 11.7. The molecular weight excluding hydrogens is 414 g/mol. The summed E-state index contributed by atoms with van der Waals surface area (Å²) in [6.07, 6.45) is 2.58. The van der Waals surface area contributed by atoms with Crippen molar-refractivity contribution >= 4 is 11.9 Å². The topological polar surface area (TPSA) is 78.7 Å². The van der Waals surface area contributed by atoms with Gasteiger partial charge in [0.2, 0.25) is 0 Å². The lowest BCUT2D eigenvalue weighted by Gasteiger charge is -2.13. The molecule has 0 fully saturated rings. The Bertz CT molecular complexity index is 1150. The number of amides is 1. The van der Waals surface area contributed by atoms with E-state index in [9.17, 15) is 9.59 Å². The maximum Gasteiger partial charge on any atom is 0.253 e. The number of nitrogens with zero attached hydrogens (tertiary/aromatic N) is 3. The van der Waals surface area contributed by atoms with E-state index >= 15 is 0 Å². The number of hydrogen-bond donors (Lipinski definition) is 2. The fourth-order valence-electron chi connectivity index (χ4n) is 3.40. The quantitative estimate of drug-likeness (QED) is 0.413. The van der Waals surface area contributed by atoms with Crippen molar-refractivity contribution in [1.29, 1.82) is 0 Å². The van der Waals surface area contributed by atoms with Crippen LogP contribution in [0, 0.1) is 0 Å². The highest BCUT2D eigenvalue weighted by molar-refractivity contribution is 5.94. The fraction of sp³-hybridized carbons (Fsp3) is 0.269. The van der Waals surface area contributed by atoms with E-state index in [1.54, 1.807) is 48.9 Å². The first-order valence-corrected chi connectivity index (χ1v) is 10.9. The van der Waals surface area contributed by atoms with E-state index in [2.05, 4.69) is 27.8 Å². The van der Waals surface area contributed by atoms with Gasteiger partial charge in [0.1, 0.15) is 0 Å². The summed E-state index contributed by atoms with van der Waals surface area (Å²) in [4.78, 5) is 29.9. The Morgan fingerprint density at radius 2 is 1.70 bits per heavy atom. The highest BCUT2D eigenvalue weighted by Crippen LogP contribution is 2.08. The molecule has 3 rings (SSSR count). The van der Waals surface area contributed by atoms with Gasteiger partial charge >= 0.3 is 0 Å². The number of aliphatic imine (C=N–C) groups is 1. The molecule has 0 atom stereocenters. The third-order valence-corrected chi connectivity index (χ3v) is 5.24. The van der Waals surface area contributed by atoms with Crippen molar-refractivity contribution in [3.63, 3.8) is 0 Å². The normalized spacial score (nSPS) is 11.2. The van der Waals surface area contributed by atoms with Crippen LogP contribution in [0.15, 0.2) is 82.7 Å². The number of guanidine groups is 1. The highest BCUT2D eigenvalue weighted by atomic mass is 16.2.